The molecule has 6 nitrogen and oxygen atoms in total. The second-order valence-electron chi connectivity index (χ2n) is 6.00. The molecule has 2 N–H and O–H groups in total. The van der Waals surface area contributed by atoms with Crippen molar-refractivity contribution in [2.45, 2.75) is 38.6 Å². The number of ether oxygens (including phenoxy) is 1. The predicted octanol–water partition coefficient (Wildman–Crippen LogP) is 2.61. The van der Waals surface area contributed by atoms with Crippen LogP contribution in [-0.2, 0) is 14.3 Å². The van der Waals surface area contributed by atoms with Crippen LogP contribution in [0.4, 0.5) is 0 Å². The number of nitrogens with one attached hydrogen (secondary N) is 2. The number of esters is 1. The van der Waals surface area contributed by atoms with Gasteiger partial charge in [0.15, 0.2) is 0 Å². The van der Waals surface area contributed by atoms with Gasteiger partial charge in [0.1, 0.15) is 0 Å². The molecule has 1 atom stereocenters. The quantitative estimate of drug-likeness (QED) is 0.538. The Hall–Kier alpha value is -2.28. The van der Waals surface area contributed by atoms with Gasteiger partial charge in [0.25, 0.3) is 5.91 Å². The first kappa shape index (κ1) is 20.0. The summed E-state index contributed by atoms with van der Waals surface area (Å²) in [6.07, 6.45) is 2.69. The van der Waals surface area contributed by atoms with Crippen molar-refractivity contribution in [3.8, 4) is 0 Å². The van der Waals surface area contributed by atoms with Crippen molar-refractivity contribution >= 4 is 29.5 Å². The van der Waals surface area contributed by atoms with Crippen molar-refractivity contribution in [1.29, 1.82) is 0 Å². The molecule has 1 heterocycles. The molecule has 1 aromatic rings. The number of carbonyl (C=O) groups is 3. The topological polar surface area (TPSA) is 84.5 Å². The first-order chi connectivity index (χ1) is 12.5. The zero-order valence-electron chi connectivity index (χ0n) is 15.0. The highest BCUT2D eigenvalue weighted by molar-refractivity contribution is 8.03. The van der Waals surface area contributed by atoms with Gasteiger partial charge < -0.3 is 15.4 Å². The smallest absolute Gasteiger partial charge is 0.305 e. The van der Waals surface area contributed by atoms with E-state index in [0.29, 0.717) is 17.7 Å². The number of unbranched alkanes of at least 4 members (excludes halogenated alkanes) is 1. The lowest BCUT2D eigenvalue weighted by molar-refractivity contribution is -0.140. The maximum atomic E-state index is 12.4. The van der Waals surface area contributed by atoms with Crippen LogP contribution in [0.3, 0.4) is 0 Å². The maximum Gasteiger partial charge on any atom is 0.305 e. The molecule has 0 fully saturated rings. The summed E-state index contributed by atoms with van der Waals surface area (Å²) in [6.45, 7) is 1.46. The summed E-state index contributed by atoms with van der Waals surface area (Å²) in [5.74, 6) is 0.146. The van der Waals surface area contributed by atoms with E-state index in [1.807, 2.05) is 18.2 Å². The zero-order chi connectivity index (χ0) is 18.9. The van der Waals surface area contributed by atoms with Crippen molar-refractivity contribution in [2.24, 2.45) is 0 Å². The van der Waals surface area contributed by atoms with Crippen LogP contribution in [0.15, 0.2) is 40.9 Å². The standard InChI is InChI=1S/C19H24N2O4S/c1-13(22)20-18-15(21-19(24)14-8-4-3-5-9-14)12-26-16(18)10-6-7-11-17(23)25-2/h3-5,8-9,15H,6-7,10-12H2,1-2H3,(H,20,22)(H,21,24)/t15-/m1/s1. The molecule has 0 saturated carbocycles. The van der Waals surface area contributed by atoms with E-state index in [9.17, 15) is 14.4 Å². The highest BCUT2D eigenvalue weighted by atomic mass is 32.2. The van der Waals surface area contributed by atoms with Crippen LogP contribution in [-0.4, -0.2) is 36.7 Å². The Morgan fingerprint density at radius 1 is 1.19 bits per heavy atom. The van der Waals surface area contributed by atoms with Gasteiger partial charge in [-0.1, -0.05) is 18.2 Å². The summed E-state index contributed by atoms with van der Waals surface area (Å²) in [6, 6.07) is 8.77. The minimum atomic E-state index is -0.229. The van der Waals surface area contributed by atoms with E-state index in [2.05, 4.69) is 15.4 Å². The average molecular weight is 376 g/mol. The van der Waals surface area contributed by atoms with E-state index >= 15 is 0 Å². The Morgan fingerprint density at radius 2 is 1.92 bits per heavy atom. The van der Waals surface area contributed by atoms with Crippen LogP contribution in [0.1, 0.15) is 43.0 Å². The van der Waals surface area contributed by atoms with E-state index in [4.69, 9.17) is 0 Å². The van der Waals surface area contributed by atoms with E-state index < -0.39 is 0 Å². The molecule has 0 unspecified atom stereocenters. The van der Waals surface area contributed by atoms with Crippen LogP contribution in [0.25, 0.3) is 0 Å². The van der Waals surface area contributed by atoms with Crippen molar-refractivity contribution in [3.63, 3.8) is 0 Å². The highest BCUT2D eigenvalue weighted by Crippen LogP contribution is 2.34. The SMILES string of the molecule is COC(=O)CCCCC1=C(NC(C)=O)[C@H](NC(=O)c2ccccc2)CS1. The molecule has 26 heavy (non-hydrogen) atoms. The Morgan fingerprint density at radius 3 is 2.58 bits per heavy atom. The highest BCUT2D eigenvalue weighted by Gasteiger charge is 2.28. The van der Waals surface area contributed by atoms with Gasteiger partial charge in [0, 0.05) is 29.6 Å². The number of rotatable bonds is 8. The summed E-state index contributed by atoms with van der Waals surface area (Å²) in [5, 5.41) is 5.86. The molecule has 0 radical (unpaired) electrons. The van der Waals surface area contributed by atoms with Gasteiger partial charge in [0.2, 0.25) is 5.91 Å². The molecule has 1 aromatic carbocycles. The second kappa shape index (κ2) is 10.0. The number of amides is 2. The molecule has 0 aromatic heterocycles. The summed E-state index contributed by atoms with van der Waals surface area (Å²) in [4.78, 5) is 36.2. The van der Waals surface area contributed by atoms with Crippen molar-refractivity contribution in [1.82, 2.24) is 10.6 Å². The molecule has 0 saturated heterocycles. The Bertz CT molecular complexity index is 688. The van der Waals surface area contributed by atoms with Gasteiger partial charge in [0.05, 0.1) is 18.8 Å². The predicted molar refractivity (Wildman–Crippen MR) is 101 cm³/mol. The first-order valence-corrected chi connectivity index (χ1v) is 9.56. The van der Waals surface area contributed by atoms with Gasteiger partial charge in [-0.2, -0.15) is 0 Å². The third-order valence-corrected chi connectivity index (χ3v) is 5.26. The summed E-state index contributed by atoms with van der Waals surface area (Å²) in [7, 11) is 1.38. The molecule has 140 valence electrons. The number of hydrogen-bond donors (Lipinski definition) is 2. The molecule has 2 amide bonds. The van der Waals surface area contributed by atoms with E-state index in [1.165, 1.54) is 14.0 Å². The maximum absolute atomic E-state index is 12.4. The van der Waals surface area contributed by atoms with Crippen molar-refractivity contribution in [3.05, 3.63) is 46.5 Å². The van der Waals surface area contributed by atoms with Crippen LogP contribution in [0.2, 0.25) is 0 Å². The fraction of sp³-hybridized carbons (Fsp3) is 0.421. The van der Waals surface area contributed by atoms with E-state index in [1.54, 1.807) is 23.9 Å². The molecule has 1 aliphatic heterocycles. The monoisotopic (exact) mass is 376 g/mol. The lowest BCUT2D eigenvalue weighted by Crippen LogP contribution is -2.41. The fourth-order valence-electron chi connectivity index (χ4n) is 2.69. The second-order valence-corrected chi connectivity index (χ2v) is 7.12. The Labute approximate surface area is 157 Å². The number of methoxy groups -OCH3 is 1. The Balaban J connectivity index is 1.99. The van der Waals surface area contributed by atoms with Gasteiger partial charge in [-0.05, 0) is 31.4 Å². The van der Waals surface area contributed by atoms with Crippen LogP contribution >= 0.6 is 11.8 Å². The minimum absolute atomic E-state index is 0.159. The van der Waals surface area contributed by atoms with Gasteiger partial charge in [-0.25, -0.2) is 0 Å². The largest absolute Gasteiger partial charge is 0.469 e. The average Bonchev–Trinajstić information content (AvgIpc) is 3.00. The van der Waals surface area contributed by atoms with E-state index in [0.717, 1.165) is 29.9 Å². The number of carbonyl (C=O) groups excluding carboxylic acids is 3. The molecule has 0 bridgehead atoms. The summed E-state index contributed by atoms with van der Waals surface area (Å²) >= 11 is 1.64. The first-order valence-electron chi connectivity index (χ1n) is 8.57. The van der Waals surface area contributed by atoms with Crippen molar-refractivity contribution < 1.29 is 19.1 Å². The lowest BCUT2D eigenvalue weighted by atomic mass is 10.1. The lowest BCUT2D eigenvalue weighted by Gasteiger charge is -2.17. The number of hydrogen-bond acceptors (Lipinski definition) is 5. The Kier molecular flexibility index (Phi) is 7.72. The molecular formula is C19H24N2O4S. The van der Waals surface area contributed by atoms with Gasteiger partial charge >= 0.3 is 5.97 Å². The molecular weight excluding hydrogens is 352 g/mol. The van der Waals surface area contributed by atoms with Crippen molar-refractivity contribution in [2.75, 3.05) is 12.9 Å². The summed E-state index contributed by atoms with van der Waals surface area (Å²) < 4.78 is 4.64. The third-order valence-electron chi connectivity index (χ3n) is 3.99. The molecule has 7 heteroatoms. The molecule has 2 rings (SSSR count). The molecule has 0 spiro atoms. The minimum Gasteiger partial charge on any atom is -0.469 e. The molecule has 0 aliphatic carbocycles. The third kappa shape index (κ3) is 5.91. The van der Waals surface area contributed by atoms with E-state index in [-0.39, 0.29) is 23.8 Å². The van der Waals surface area contributed by atoms with Gasteiger partial charge in [-0.15, -0.1) is 11.8 Å². The summed E-state index contributed by atoms with van der Waals surface area (Å²) in [5.41, 5.74) is 1.36. The fourth-order valence-corrected chi connectivity index (χ4v) is 3.95. The van der Waals surface area contributed by atoms with Gasteiger partial charge in [-0.3, -0.25) is 14.4 Å². The number of benzene rings is 1. The normalized spacial score (nSPS) is 16.3. The van der Waals surface area contributed by atoms with Crippen LogP contribution in [0, 0.1) is 0 Å². The molecule has 1 aliphatic rings. The number of thioether (sulfide) groups is 1. The zero-order valence-corrected chi connectivity index (χ0v) is 15.9. The number of allylic oxidation sites excluding steroid dienone is 1. The van der Waals surface area contributed by atoms with Crippen LogP contribution < -0.4 is 10.6 Å². The van der Waals surface area contributed by atoms with Crippen LogP contribution in [0.5, 0.6) is 0 Å².